The standard InChI is InChI=1S/C17H28FNO3SSi/c1-8-21-16(20)10-15(22-24(6,7)17(3,4)5)14(18)9-13-11-23-12(2)19-13/h9,11,15H,8,10H2,1-7H3/b14-9+. The van der Waals surface area contributed by atoms with Crippen molar-refractivity contribution in [3.63, 3.8) is 0 Å². The molecule has 1 atom stereocenters. The summed E-state index contributed by atoms with van der Waals surface area (Å²) >= 11 is 1.45. The fourth-order valence-electron chi connectivity index (χ4n) is 1.78. The van der Waals surface area contributed by atoms with Gasteiger partial charge in [-0.2, -0.15) is 0 Å². The van der Waals surface area contributed by atoms with Crippen LogP contribution in [0.3, 0.4) is 0 Å². The number of aryl methyl sites for hydroxylation is 1. The molecule has 1 aromatic heterocycles. The van der Waals surface area contributed by atoms with E-state index in [4.69, 9.17) is 9.16 Å². The van der Waals surface area contributed by atoms with Crippen molar-refractivity contribution < 1.29 is 18.3 Å². The van der Waals surface area contributed by atoms with E-state index in [0.29, 0.717) is 5.69 Å². The molecule has 0 spiro atoms. The van der Waals surface area contributed by atoms with E-state index in [1.807, 2.05) is 20.0 Å². The summed E-state index contributed by atoms with van der Waals surface area (Å²) in [7, 11) is -2.24. The van der Waals surface area contributed by atoms with Crippen LogP contribution < -0.4 is 0 Å². The first-order valence-electron chi connectivity index (χ1n) is 8.09. The maximum Gasteiger partial charge on any atom is 0.308 e. The number of aromatic nitrogens is 1. The Labute approximate surface area is 149 Å². The molecule has 0 saturated carbocycles. The highest BCUT2D eigenvalue weighted by atomic mass is 32.1. The maximum absolute atomic E-state index is 14.8. The minimum atomic E-state index is -2.24. The van der Waals surface area contributed by atoms with Crippen LogP contribution in [0.15, 0.2) is 11.2 Å². The van der Waals surface area contributed by atoms with Gasteiger partial charge in [-0.25, -0.2) is 9.37 Å². The monoisotopic (exact) mass is 373 g/mol. The van der Waals surface area contributed by atoms with Gasteiger partial charge in [0.25, 0.3) is 0 Å². The summed E-state index contributed by atoms with van der Waals surface area (Å²) < 4.78 is 25.9. The molecule has 7 heteroatoms. The maximum atomic E-state index is 14.8. The van der Waals surface area contributed by atoms with Crippen molar-refractivity contribution in [1.29, 1.82) is 0 Å². The van der Waals surface area contributed by atoms with Crippen molar-refractivity contribution in [2.45, 2.75) is 65.3 Å². The second-order valence-electron chi connectivity index (χ2n) is 7.20. The quantitative estimate of drug-likeness (QED) is 0.492. The van der Waals surface area contributed by atoms with Crippen LogP contribution in [0.5, 0.6) is 0 Å². The van der Waals surface area contributed by atoms with Crippen molar-refractivity contribution in [3.05, 3.63) is 21.9 Å². The SMILES string of the molecule is CCOC(=O)CC(O[Si](C)(C)C(C)(C)C)/C(F)=C\c1csc(C)n1. The van der Waals surface area contributed by atoms with Crippen LogP contribution in [0.4, 0.5) is 4.39 Å². The van der Waals surface area contributed by atoms with Crippen molar-refractivity contribution in [3.8, 4) is 0 Å². The fraction of sp³-hybridized carbons (Fsp3) is 0.647. The Kier molecular flexibility index (Phi) is 7.31. The van der Waals surface area contributed by atoms with Gasteiger partial charge in [0.05, 0.1) is 23.7 Å². The summed E-state index contributed by atoms with van der Waals surface area (Å²) in [6.45, 7) is 14.2. The molecule has 1 heterocycles. The third kappa shape index (κ3) is 6.11. The molecule has 24 heavy (non-hydrogen) atoms. The number of ether oxygens (including phenoxy) is 1. The Hall–Kier alpha value is -1.05. The molecule has 1 aromatic rings. The Balaban J connectivity index is 3.04. The molecule has 1 unspecified atom stereocenters. The molecule has 0 aliphatic heterocycles. The average Bonchev–Trinajstić information content (AvgIpc) is 2.82. The van der Waals surface area contributed by atoms with Gasteiger partial charge in [0.15, 0.2) is 8.32 Å². The first kappa shape index (κ1) is 21.0. The molecule has 0 bridgehead atoms. The third-order valence-electron chi connectivity index (χ3n) is 4.13. The molecule has 4 nitrogen and oxygen atoms in total. The normalized spacial score (nSPS) is 14.6. The zero-order valence-corrected chi connectivity index (χ0v) is 17.4. The first-order valence-corrected chi connectivity index (χ1v) is 11.9. The van der Waals surface area contributed by atoms with E-state index < -0.39 is 26.2 Å². The lowest BCUT2D eigenvalue weighted by Crippen LogP contribution is -2.44. The summed E-state index contributed by atoms with van der Waals surface area (Å²) in [4.78, 5) is 16.1. The van der Waals surface area contributed by atoms with Gasteiger partial charge in [-0.15, -0.1) is 11.3 Å². The summed E-state index contributed by atoms with van der Waals surface area (Å²) in [5.74, 6) is -0.947. The lowest BCUT2D eigenvalue weighted by Gasteiger charge is -2.38. The number of carbonyl (C=O) groups is 1. The van der Waals surface area contributed by atoms with Gasteiger partial charge in [0.2, 0.25) is 0 Å². The van der Waals surface area contributed by atoms with Crippen LogP contribution >= 0.6 is 11.3 Å². The van der Waals surface area contributed by atoms with Crippen LogP contribution in [-0.4, -0.2) is 32.0 Å². The Morgan fingerprint density at radius 3 is 2.54 bits per heavy atom. The van der Waals surface area contributed by atoms with Crippen LogP contribution in [0, 0.1) is 6.92 Å². The van der Waals surface area contributed by atoms with Gasteiger partial charge in [-0.3, -0.25) is 4.79 Å². The van der Waals surface area contributed by atoms with E-state index in [1.165, 1.54) is 17.4 Å². The molecule has 0 N–H and O–H groups in total. The van der Waals surface area contributed by atoms with E-state index >= 15 is 0 Å². The highest BCUT2D eigenvalue weighted by molar-refractivity contribution is 7.09. The topological polar surface area (TPSA) is 48.4 Å². The summed E-state index contributed by atoms with van der Waals surface area (Å²) in [5.41, 5.74) is 0.544. The van der Waals surface area contributed by atoms with Crippen LogP contribution in [0.1, 0.15) is 44.8 Å². The van der Waals surface area contributed by atoms with E-state index in [-0.39, 0.29) is 18.1 Å². The van der Waals surface area contributed by atoms with Gasteiger partial charge in [-0.05, 0) is 38.1 Å². The third-order valence-corrected chi connectivity index (χ3v) is 9.41. The smallest absolute Gasteiger partial charge is 0.308 e. The molecule has 136 valence electrons. The molecule has 0 saturated heterocycles. The lowest BCUT2D eigenvalue weighted by molar-refractivity contribution is -0.144. The van der Waals surface area contributed by atoms with E-state index in [9.17, 15) is 9.18 Å². The molecule has 0 fully saturated rings. The van der Waals surface area contributed by atoms with Gasteiger partial charge < -0.3 is 9.16 Å². The predicted molar refractivity (Wildman–Crippen MR) is 99.3 cm³/mol. The zero-order valence-electron chi connectivity index (χ0n) is 15.6. The number of rotatable bonds is 7. The largest absolute Gasteiger partial charge is 0.466 e. The molecule has 0 amide bonds. The molecule has 0 radical (unpaired) electrons. The van der Waals surface area contributed by atoms with Crippen molar-refractivity contribution in [2.24, 2.45) is 0 Å². The number of hydrogen-bond acceptors (Lipinski definition) is 5. The predicted octanol–water partition coefficient (Wildman–Crippen LogP) is 5.11. The molecular weight excluding hydrogens is 345 g/mol. The molecular formula is C17H28FNO3SSi. The van der Waals surface area contributed by atoms with Crippen molar-refractivity contribution in [2.75, 3.05) is 6.61 Å². The second kappa shape index (κ2) is 8.36. The highest BCUT2D eigenvalue weighted by Gasteiger charge is 2.40. The van der Waals surface area contributed by atoms with Gasteiger partial charge in [-0.1, -0.05) is 20.8 Å². The van der Waals surface area contributed by atoms with Gasteiger partial charge in [0.1, 0.15) is 11.9 Å². The first-order chi connectivity index (χ1) is 11.0. The summed E-state index contributed by atoms with van der Waals surface area (Å²) in [6, 6.07) is 0. The highest BCUT2D eigenvalue weighted by Crippen LogP contribution is 2.38. The van der Waals surface area contributed by atoms with Crippen molar-refractivity contribution >= 4 is 31.7 Å². The summed E-state index contributed by atoms with van der Waals surface area (Å²) in [6.07, 6.45) is 0.277. The van der Waals surface area contributed by atoms with Crippen LogP contribution in [-0.2, 0) is 14.0 Å². The Bertz CT molecular complexity index is 593. The lowest BCUT2D eigenvalue weighted by atomic mass is 10.2. The number of nitrogens with zero attached hydrogens (tertiary/aromatic N) is 1. The fourth-order valence-corrected chi connectivity index (χ4v) is 3.61. The Morgan fingerprint density at radius 2 is 2.08 bits per heavy atom. The second-order valence-corrected chi connectivity index (χ2v) is 13.0. The minimum Gasteiger partial charge on any atom is -0.466 e. The number of thiazole rings is 1. The molecule has 0 aliphatic rings. The van der Waals surface area contributed by atoms with E-state index in [1.54, 1.807) is 12.3 Å². The number of halogens is 1. The van der Waals surface area contributed by atoms with Crippen LogP contribution in [0.25, 0.3) is 6.08 Å². The van der Waals surface area contributed by atoms with Crippen LogP contribution in [0.2, 0.25) is 18.1 Å². The number of esters is 1. The number of carbonyl (C=O) groups excluding carboxylic acids is 1. The van der Waals surface area contributed by atoms with Crippen molar-refractivity contribution in [1.82, 2.24) is 4.98 Å². The molecule has 1 rings (SSSR count). The van der Waals surface area contributed by atoms with Gasteiger partial charge >= 0.3 is 5.97 Å². The Morgan fingerprint density at radius 1 is 1.46 bits per heavy atom. The summed E-state index contributed by atoms with van der Waals surface area (Å²) in [5, 5.41) is 2.56. The molecule has 0 aliphatic carbocycles. The average molecular weight is 374 g/mol. The minimum absolute atomic E-state index is 0.0859. The number of hydrogen-bond donors (Lipinski definition) is 0. The van der Waals surface area contributed by atoms with E-state index in [0.717, 1.165) is 5.01 Å². The molecule has 0 aromatic carbocycles. The zero-order chi connectivity index (χ0) is 18.5. The van der Waals surface area contributed by atoms with E-state index in [2.05, 4.69) is 25.8 Å². The van der Waals surface area contributed by atoms with Gasteiger partial charge in [0, 0.05) is 5.38 Å².